The number of unbranched alkanes of at least 4 members (excludes halogenated alkanes) is 4. The highest BCUT2D eigenvalue weighted by atomic mass is 16.4. The molecule has 0 aromatic heterocycles. The van der Waals surface area contributed by atoms with Crippen LogP contribution in [0.15, 0.2) is 30.3 Å². The number of carbonyl (C=O) groups excluding carboxylic acids is 1. The lowest BCUT2D eigenvalue weighted by molar-refractivity contribution is -0.137. The Hall–Kier alpha value is -1.84. The van der Waals surface area contributed by atoms with Crippen LogP contribution in [-0.2, 0) is 4.79 Å². The molecule has 19 heavy (non-hydrogen) atoms. The van der Waals surface area contributed by atoms with Crippen LogP contribution in [0, 0.1) is 0 Å². The Morgan fingerprint density at radius 1 is 1.05 bits per heavy atom. The first kappa shape index (κ1) is 17.2. The number of hydrogen-bond acceptors (Lipinski definition) is 2. The molecule has 1 aromatic rings. The maximum atomic E-state index is 10.4. The fourth-order valence-corrected chi connectivity index (χ4v) is 1.48. The minimum absolute atomic E-state index is 0.337. The van der Waals surface area contributed by atoms with Gasteiger partial charge in [-0.25, -0.2) is 0 Å². The zero-order chi connectivity index (χ0) is 14.5. The summed E-state index contributed by atoms with van der Waals surface area (Å²) in [6.07, 6.45) is 5.88. The summed E-state index contributed by atoms with van der Waals surface area (Å²) < 4.78 is 0. The van der Waals surface area contributed by atoms with Crippen molar-refractivity contribution in [3.63, 3.8) is 0 Å². The molecule has 0 spiro atoms. The number of amides is 1. The van der Waals surface area contributed by atoms with Crippen molar-refractivity contribution in [3.05, 3.63) is 35.9 Å². The topological polar surface area (TPSA) is 80.4 Å². The molecule has 0 unspecified atom stereocenters. The molecule has 0 aliphatic heterocycles. The van der Waals surface area contributed by atoms with Crippen molar-refractivity contribution in [1.29, 1.82) is 0 Å². The predicted octanol–water partition coefficient (Wildman–Crippen LogP) is 3.22. The van der Waals surface area contributed by atoms with E-state index in [1.165, 1.54) is 19.3 Å². The van der Waals surface area contributed by atoms with Gasteiger partial charge in [0.2, 0.25) is 5.91 Å². The molecule has 0 atom stereocenters. The first-order chi connectivity index (χ1) is 9.07. The van der Waals surface area contributed by atoms with Gasteiger partial charge in [-0.1, -0.05) is 50.8 Å². The van der Waals surface area contributed by atoms with Crippen LogP contribution in [0.4, 0.5) is 0 Å². The molecule has 0 heterocycles. The summed E-state index contributed by atoms with van der Waals surface area (Å²) in [4.78, 5) is 20.5. The quantitative estimate of drug-likeness (QED) is 0.743. The molecule has 0 fully saturated rings. The van der Waals surface area contributed by atoms with Crippen LogP contribution >= 0.6 is 0 Å². The minimum atomic E-state index is -0.670. The van der Waals surface area contributed by atoms with E-state index in [9.17, 15) is 9.59 Å². The summed E-state index contributed by atoms with van der Waals surface area (Å²) in [5, 5.41) is 8.27. The number of benzene rings is 1. The molecule has 3 N–H and O–H groups in total. The molecular weight excluding hydrogens is 242 g/mol. The average Bonchev–Trinajstić information content (AvgIpc) is 2.40. The number of carbonyl (C=O) groups is 2. The summed E-state index contributed by atoms with van der Waals surface area (Å²) in [6.45, 7) is 2.15. The van der Waals surface area contributed by atoms with E-state index in [2.05, 4.69) is 6.92 Å². The first-order valence-corrected chi connectivity index (χ1v) is 6.64. The third kappa shape index (κ3) is 11.0. The molecule has 1 aromatic carbocycles. The van der Waals surface area contributed by atoms with Gasteiger partial charge in [0.25, 0.3) is 0 Å². The lowest BCUT2D eigenvalue weighted by Gasteiger charge is -1.95. The van der Waals surface area contributed by atoms with Gasteiger partial charge in [0.1, 0.15) is 0 Å². The van der Waals surface area contributed by atoms with Gasteiger partial charge in [0.15, 0.2) is 0 Å². The van der Waals surface area contributed by atoms with Crippen molar-refractivity contribution in [1.82, 2.24) is 0 Å². The number of aliphatic carboxylic acids is 1. The molecule has 0 saturated carbocycles. The van der Waals surface area contributed by atoms with E-state index in [4.69, 9.17) is 10.8 Å². The zero-order valence-corrected chi connectivity index (χ0v) is 11.5. The summed E-state index contributed by atoms with van der Waals surface area (Å²) in [6, 6.07) is 8.76. The molecule has 4 heteroatoms. The van der Waals surface area contributed by atoms with E-state index in [0.29, 0.717) is 12.0 Å². The van der Waals surface area contributed by atoms with Gasteiger partial charge in [-0.3, -0.25) is 9.59 Å². The highest BCUT2D eigenvalue weighted by molar-refractivity contribution is 5.92. The zero-order valence-electron chi connectivity index (χ0n) is 11.5. The molecule has 4 nitrogen and oxygen atoms in total. The van der Waals surface area contributed by atoms with Crippen LogP contribution in [0.5, 0.6) is 0 Å². The molecule has 0 aliphatic carbocycles. The highest BCUT2D eigenvalue weighted by Crippen LogP contribution is 2.04. The Bertz CT molecular complexity index is 363. The van der Waals surface area contributed by atoms with Crippen LogP contribution in [0.2, 0.25) is 0 Å². The largest absolute Gasteiger partial charge is 0.481 e. The number of primary amides is 1. The maximum absolute atomic E-state index is 10.4. The monoisotopic (exact) mass is 265 g/mol. The van der Waals surface area contributed by atoms with Crippen LogP contribution in [0.1, 0.15) is 55.8 Å². The molecule has 0 radical (unpaired) electrons. The summed E-state index contributed by atoms with van der Waals surface area (Å²) in [5.74, 6) is -1.05. The minimum Gasteiger partial charge on any atom is -0.481 e. The second kappa shape index (κ2) is 11.3. The van der Waals surface area contributed by atoms with Crippen molar-refractivity contribution in [2.45, 2.75) is 45.4 Å². The normalized spacial score (nSPS) is 9.32. The van der Waals surface area contributed by atoms with Crippen molar-refractivity contribution in [3.8, 4) is 0 Å². The molecule has 1 rings (SSSR count). The van der Waals surface area contributed by atoms with Crippen molar-refractivity contribution < 1.29 is 14.7 Å². The number of rotatable bonds is 7. The average molecular weight is 265 g/mol. The van der Waals surface area contributed by atoms with Crippen molar-refractivity contribution >= 4 is 11.9 Å². The van der Waals surface area contributed by atoms with Gasteiger partial charge >= 0.3 is 5.97 Å². The molecule has 0 saturated heterocycles. The number of carboxylic acids is 1. The van der Waals surface area contributed by atoms with Gasteiger partial charge in [0.05, 0.1) is 0 Å². The lowest BCUT2D eigenvalue weighted by Crippen LogP contribution is -2.09. The maximum Gasteiger partial charge on any atom is 0.303 e. The first-order valence-electron chi connectivity index (χ1n) is 6.64. The highest BCUT2D eigenvalue weighted by Gasteiger charge is 1.95. The molecule has 0 aliphatic rings. The summed E-state index contributed by atoms with van der Waals surface area (Å²) in [7, 11) is 0. The molecular formula is C15H23NO3. The van der Waals surface area contributed by atoms with Gasteiger partial charge < -0.3 is 10.8 Å². The molecule has 106 valence electrons. The number of hydrogen-bond donors (Lipinski definition) is 2. The Morgan fingerprint density at radius 2 is 1.63 bits per heavy atom. The smallest absolute Gasteiger partial charge is 0.303 e. The standard InChI is InChI=1S/C8H16O2.C7H7NO/c1-2-3-4-5-6-7-8(9)10;8-7(9)6-4-2-1-3-5-6/h2-7H2,1H3,(H,9,10);1-5H,(H2,8,9). The predicted molar refractivity (Wildman–Crippen MR) is 76.0 cm³/mol. The van der Waals surface area contributed by atoms with E-state index >= 15 is 0 Å². The van der Waals surface area contributed by atoms with Gasteiger partial charge in [-0.05, 0) is 18.6 Å². The Morgan fingerprint density at radius 3 is 2.05 bits per heavy atom. The van der Waals surface area contributed by atoms with Crippen LogP contribution in [0.3, 0.4) is 0 Å². The Labute approximate surface area is 114 Å². The lowest BCUT2D eigenvalue weighted by atomic mass is 10.1. The number of nitrogens with two attached hydrogens (primary N) is 1. The van der Waals surface area contributed by atoms with Crippen LogP contribution < -0.4 is 5.73 Å². The Kier molecular flexibility index (Phi) is 10.2. The van der Waals surface area contributed by atoms with Crippen LogP contribution in [-0.4, -0.2) is 17.0 Å². The van der Waals surface area contributed by atoms with E-state index < -0.39 is 5.97 Å². The Balaban J connectivity index is 0.000000342. The van der Waals surface area contributed by atoms with E-state index in [-0.39, 0.29) is 5.91 Å². The van der Waals surface area contributed by atoms with Gasteiger partial charge in [-0.2, -0.15) is 0 Å². The van der Waals surface area contributed by atoms with Crippen molar-refractivity contribution in [2.75, 3.05) is 0 Å². The second-order valence-electron chi connectivity index (χ2n) is 4.29. The third-order valence-corrected chi connectivity index (χ3v) is 2.55. The molecule has 1 amide bonds. The fraction of sp³-hybridized carbons (Fsp3) is 0.467. The fourth-order valence-electron chi connectivity index (χ4n) is 1.48. The number of carboxylic acid groups (broad SMARTS) is 1. The summed E-state index contributed by atoms with van der Waals surface area (Å²) in [5.41, 5.74) is 5.53. The van der Waals surface area contributed by atoms with E-state index in [1.54, 1.807) is 24.3 Å². The van der Waals surface area contributed by atoms with Crippen molar-refractivity contribution in [2.24, 2.45) is 5.73 Å². The van der Waals surface area contributed by atoms with Gasteiger partial charge in [0, 0.05) is 12.0 Å². The van der Waals surface area contributed by atoms with Gasteiger partial charge in [-0.15, -0.1) is 0 Å². The molecule has 0 bridgehead atoms. The van der Waals surface area contributed by atoms with E-state index in [1.807, 2.05) is 6.07 Å². The third-order valence-electron chi connectivity index (χ3n) is 2.55. The van der Waals surface area contributed by atoms with E-state index in [0.717, 1.165) is 12.8 Å². The summed E-state index contributed by atoms with van der Waals surface area (Å²) >= 11 is 0. The second-order valence-corrected chi connectivity index (χ2v) is 4.29. The SMILES string of the molecule is CCCCCCCC(=O)O.NC(=O)c1ccccc1. The van der Waals surface area contributed by atoms with Crippen LogP contribution in [0.25, 0.3) is 0 Å².